The van der Waals surface area contributed by atoms with Gasteiger partial charge in [-0.15, -0.1) is 11.3 Å². The molecule has 100 valence electrons. The third-order valence-electron chi connectivity index (χ3n) is 4.75. The molecule has 1 saturated carbocycles. The van der Waals surface area contributed by atoms with Gasteiger partial charge >= 0.3 is 0 Å². The van der Waals surface area contributed by atoms with Crippen LogP contribution in [-0.2, 0) is 4.74 Å². The van der Waals surface area contributed by atoms with Gasteiger partial charge in [0.1, 0.15) is 0 Å². The zero-order chi connectivity index (χ0) is 13.0. The van der Waals surface area contributed by atoms with Crippen LogP contribution in [0, 0.1) is 11.3 Å². The second kappa shape index (κ2) is 3.93. The van der Waals surface area contributed by atoms with Gasteiger partial charge in [-0.2, -0.15) is 0 Å². The number of hydrogen-bond acceptors (Lipinski definition) is 4. The molecule has 1 aliphatic carbocycles. The molecule has 4 heteroatoms. The third kappa shape index (κ3) is 1.63. The van der Waals surface area contributed by atoms with Crippen molar-refractivity contribution in [2.45, 2.75) is 32.4 Å². The lowest BCUT2D eigenvalue weighted by Crippen LogP contribution is -2.63. The summed E-state index contributed by atoms with van der Waals surface area (Å²) < 4.78 is 7.10. The Bertz CT molecular complexity index is 621. The molecule has 1 aromatic heterocycles. The van der Waals surface area contributed by atoms with E-state index >= 15 is 0 Å². The summed E-state index contributed by atoms with van der Waals surface area (Å²) in [6.07, 6.45) is 1.63. The van der Waals surface area contributed by atoms with Crippen LogP contribution < -0.4 is 5.32 Å². The molecular formula is C15H18N2OS. The van der Waals surface area contributed by atoms with E-state index in [1.165, 1.54) is 16.8 Å². The van der Waals surface area contributed by atoms with Crippen LogP contribution in [0.1, 0.15) is 20.3 Å². The van der Waals surface area contributed by atoms with E-state index in [2.05, 4.69) is 42.3 Å². The molecule has 0 radical (unpaired) electrons. The summed E-state index contributed by atoms with van der Waals surface area (Å²) in [5, 5.41) is 3.72. The minimum absolute atomic E-state index is 0.226. The molecule has 0 amide bonds. The number of nitrogens with one attached hydrogen (secondary N) is 1. The first-order chi connectivity index (χ1) is 9.16. The normalized spacial score (nSPS) is 32.0. The molecule has 0 spiro atoms. The summed E-state index contributed by atoms with van der Waals surface area (Å²) in [6, 6.07) is 6.97. The summed E-state index contributed by atoms with van der Waals surface area (Å²) in [6.45, 7) is 5.54. The van der Waals surface area contributed by atoms with Crippen molar-refractivity contribution in [3.05, 3.63) is 23.7 Å². The average Bonchev–Trinajstić information content (AvgIpc) is 3.03. The molecule has 3 unspecified atom stereocenters. The molecule has 3 atom stereocenters. The van der Waals surface area contributed by atoms with E-state index in [0.717, 1.165) is 12.1 Å². The average molecular weight is 274 g/mol. The van der Waals surface area contributed by atoms with Crippen LogP contribution in [0.15, 0.2) is 23.7 Å². The van der Waals surface area contributed by atoms with Gasteiger partial charge in [0.25, 0.3) is 0 Å². The quantitative estimate of drug-likeness (QED) is 0.909. The van der Waals surface area contributed by atoms with E-state index in [9.17, 15) is 0 Å². The number of thiazole rings is 1. The smallest absolute Gasteiger partial charge is 0.0813 e. The second-order valence-electron chi connectivity index (χ2n) is 6.22. The molecule has 19 heavy (non-hydrogen) atoms. The number of nitrogens with zero attached hydrogens (tertiary/aromatic N) is 1. The van der Waals surface area contributed by atoms with Gasteiger partial charge in [0.2, 0.25) is 0 Å². The van der Waals surface area contributed by atoms with E-state index < -0.39 is 0 Å². The molecular weight excluding hydrogens is 256 g/mol. The van der Waals surface area contributed by atoms with Crippen molar-refractivity contribution < 1.29 is 4.74 Å². The highest BCUT2D eigenvalue weighted by atomic mass is 32.1. The van der Waals surface area contributed by atoms with E-state index in [1.54, 1.807) is 11.3 Å². The maximum absolute atomic E-state index is 5.84. The highest BCUT2D eigenvalue weighted by Gasteiger charge is 2.59. The molecule has 2 fully saturated rings. The van der Waals surface area contributed by atoms with Gasteiger partial charge in [-0.3, -0.25) is 0 Å². The third-order valence-corrected chi connectivity index (χ3v) is 5.55. The summed E-state index contributed by atoms with van der Waals surface area (Å²) in [5.74, 6) is 0.673. The fourth-order valence-electron chi connectivity index (χ4n) is 3.74. The monoisotopic (exact) mass is 274 g/mol. The number of anilines is 1. The Morgan fingerprint density at radius 2 is 2.32 bits per heavy atom. The first kappa shape index (κ1) is 11.7. The number of hydrogen-bond donors (Lipinski definition) is 1. The topological polar surface area (TPSA) is 34.2 Å². The van der Waals surface area contributed by atoms with Gasteiger partial charge in [0.15, 0.2) is 0 Å². The fraction of sp³-hybridized carbons (Fsp3) is 0.533. The molecule has 2 heterocycles. The number of fused-ring (bicyclic) bond motifs is 2. The molecule has 0 bridgehead atoms. The van der Waals surface area contributed by atoms with Crippen LogP contribution in [0.4, 0.5) is 5.69 Å². The van der Waals surface area contributed by atoms with Gasteiger partial charge < -0.3 is 10.1 Å². The molecule has 2 aliphatic rings. The van der Waals surface area contributed by atoms with E-state index in [0.29, 0.717) is 18.1 Å². The van der Waals surface area contributed by atoms with Crippen molar-refractivity contribution in [1.29, 1.82) is 0 Å². The Hall–Kier alpha value is -1.13. The Labute approximate surface area is 117 Å². The number of ether oxygens (including phenoxy) is 1. The summed E-state index contributed by atoms with van der Waals surface area (Å²) >= 11 is 1.70. The molecule has 1 saturated heterocycles. The summed E-state index contributed by atoms with van der Waals surface area (Å²) in [7, 11) is 0. The molecule has 1 N–H and O–H groups in total. The van der Waals surface area contributed by atoms with E-state index in [1.807, 2.05) is 5.51 Å². The molecule has 2 aromatic rings. The van der Waals surface area contributed by atoms with Gasteiger partial charge in [-0.25, -0.2) is 4.98 Å². The standard InChI is InChI=1S/C15H18N2OS/c1-15(2)13(10-5-6-18-14(10)15)17-9-3-4-11-12(7-9)19-8-16-11/h3-4,7-8,10,13-14,17H,5-6H2,1-2H3. The first-order valence-corrected chi connectivity index (χ1v) is 7.75. The van der Waals surface area contributed by atoms with Crippen molar-refractivity contribution in [3.63, 3.8) is 0 Å². The number of rotatable bonds is 2. The molecule has 3 nitrogen and oxygen atoms in total. The van der Waals surface area contributed by atoms with Gasteiger partial charge in [0.05, 0.1) is 21.8 Å². The van der Waals surface area contributed by atoms with E-state index in [4.69, 9.17) is 4.74 Å². The van der Waals surface area contributed by atoms with Crippen LogP contribution in [-0.4, -0.2) is 23.7 Å². The Morgan fingerprint density at radius 3 is 3.21 bits per heavy atom. The van der Waals surface area contributed by atoms with Crippen molar-refractivity contribution in [2.24, 2.45) is 11.3 Å². The van der Waals surface area contributed by atoms with Gasteiger partial charge in [-0.1, -0.05) is 13.8 Å². The van der Waals surface area contributed by atoms with Crippen LogP contribution in [0.2, 0.25) is 0 Å². The minimum Gasteiger partial charge on any atom is -0.381 e. The summed E-state index contributed by atoms with van der Waals surface area (Å²) in [5.41, 5.74) is 4.43. The Balaban J connectivity index is 1.60. The molecule has 1 aliphatic heterocycles. The lowest BCUT2D eigenvalue weighted by atomic mass is 9.57. The predicted octanol–water partition coefficient (Wildman–Crippen LogP) is 3.52. The highest BCUT2D eigenvalue weighted by molar-refractivity contribution is 7.16. The SMILES string of the molecule is CC1(C)C(Nc2ccc3ncsc3c2)C2CCOC21. The Morgan fingerprint density at radius 1 is 1.42 bits per heavy atom. The van der Waals surface area contributed by atoms with E-state index in [-0.39, 0.29) is 5.41 Å². The number of benzene rings is 1. The van der Waals surface area contributed by atoms with Crippen molar-refractivity contribution in [2.75, 3.05) is 11.9 Å². The lowest BCUT2D eigenvalue weighted by molar-refractivity contribution is -0.0923. The molecule has 1 aromatic carbocycles. The molecule has 4 rings (SSSR count). The van der Waals surface area contributed by atoms with Crippen LogP contribution in [0.5, 0.6) is 0 Å². The van der Waals surface area contributed by atoms with Gasteiger partial charge in [0, 0.05) is 29.7 Å². The van der Waals surface area contributed by atoms with Crippen molar-refractivity contribution in [1.82, 2.24) is 4.98 Å². The minimum atomic E-state index is 0.226. The van der Waals surface area contributed by atoms with Gasteiger partial charge in [-0.05, 0) is 24.6 Å². The largest absolute Gasteiger partial charge is 0.381 e. The second-order valence-corrected chi connectivity index (χ2v) is 7.11. The first-order valence-electron chi connectivity index (χ1n) is 6.87. The van der Waals surface area contributed by atoms with Crippen LogP contribution in [0.3, 0.4) is 0 Å². The number of aromatic nitrogens is 1. The maximum Gasteiger partial charge on any atom is 0.0813 e. The fourth-order valence-corrected chi connectivity index (χ4v) is 4.46. The zero-order valence-corrected chi connectivity index (χ0v) is 12.0. The van der Waals surface area contributed by atoms with Crippen LogP contribution in [0.25, 0.3) is 10.2 Å². The van der Waals surface area contributed by atoms with Crippen LogP contribution >= 0.6 is 11.3 Å². The zero-order valence-electron chi connectivity index (χ0n) is 11.2. The predicted molar refractivity (Wildman–Crippen MR) is 78.7 cm³/mol. The maximum atomic E-state index is 5.84. The highest BCUT2D eigenvalue weighted by Crippen LogP contribution is 2.53. The lowest BCUT2D eigenvalue weighted by Gasteiger charge is -2.55. The Kier molecular flexibility index (Phi) is 2.42. The van der Waals surface area contributed by atoms with Crippen molar-refractivity contribution >= 4 is 27.2 Å². The van der Waals surface area contributed by atoms with Crippen molar-refractivity contribution in [3.8, 4) is 0 Å². The summed E-state index contributed by atoms with van der Waals surface area (Å²) in [4.78, 5) is 4.33.